The number of hydrogen-bond acceptors (Lipinski definition) is 4. The third-order valence-electron chi connectivity index (χ3n) is 2.70. The first-order valence-electron chi connectivity index (χ1n) is 6.38. The number of ether oxygens (including phenoxy) is 1. The van der Waals surface area contributed by atoms with E-state index in [2.05, 4.69) is 10.1 Å². The number of allylic oxidation sites excluding steroid dienone is 1. The molecule has 0 bridgehead atoms. The Morgan fingerprint density at radius 2 is 1.95 bits per heavy atom. The van der Waals surface area contributed by atoms with Crippen LogP contribution in [0.25, 0.3) is 0 Å². The Hall–Kier alpha value is -1.65. The van der Waals surface area contributed by atoms with Crippen molar-refractivity contribution in [1.82, 2.24) is 14.8 Å². The van der Waals surface area contributed by atoms with Gasteiger partial charge in [0.15, 0.2) is 0 Å². The zero-order chi connectivity index (χ0) is 14.6. The standard InChI is InChI=1S/C14H23N3O2/c1-10(2)7-12(17-9-15-8-16-17)13(14(4,5)6)19-11(3)18/h7-9,12-13H,1-6H3. The van der Waals surface area contributed by atoms with Crippen molar-refractivity contribution >= 4 is 5.97 Å². The van der Waals surface area contributed by atoms with E-state index in [1.807, 2.05) is 40.7 Å². The molecule has 0 aliphatic carbocycles. The number of esters is 1. The molecule has 2 unspecified atom stereocenters. The van der Waals surface area contributed by atoms with Gasteiger partial charge in [-0.05, 0) is 13.8 Å². The van der Waals surface area contributed by atoms with Crippen LogP contribution in [0.1, 0.15) is 47.6 Å². The first-order valence-corrected chi connectivity index (χ1v) is 6.38. The Kier molecular flexibility index (Phi) is 4.86. The summed E-state index contributed by atoms with van der Waals surface area (Å²) in [7, 11) is 0. The normalized spacial score (nSPS) is 14.6. The Morgan fingerprint density at radius 1 is 1.32 bits per heavy atom. The monoisotopic (exact) mass is 265 g/mol. The molecule has 0 spiro atoms. The lowest BCUT2D eigenvalue weighted by Crippen LogP contribution is -2.38. The molecule has 106 valence electrons. The molecule has 1 aromatic rings. The second kappa shape index (κ2) is 5.99. The van der Waals surface area contributed by atoms with Gasteiger partial charge in [-0.3, -0.25) is 4.79 Å². The number of aromatic nitrogens is 3. The minimum atomic E-state index is -0.304. The molecule has 0 aliphatic heterocycles. The van der Waals surface area contributed by atoms with Crippen LogP contribution >= 0.6 is 0 Å². The molecule has 0 N–H and O–H groups in total. The number of carbonyl (C=O) groups is 1. The zero-order valence-corrected chi connectivity index (χ0v) is 12.5. The van der Waals surface area contributed by atoms with Gasteiger partial charge in [-0.25, -0.2) is 9.67 Å². The van der Waals surface area contributed by atoms with E-state index in [1.54, 1.807) is 11.0 Å². The smallest absolute Gasteiger partial charge is 0.303 e. The summed E-state index contributed by atoms with van der Waals surface area (Å²) in [4.78, 5) is 15.3. The number of nitrogens with zero attached hydrogens (tertiary/aromatic N) is 3. The molecule has 0 saturated heterocycles. The highest BCUT2D eigenvalue weighted by Gasteiger charge is 2.35. The molecule has 0 aliphatic rings. The summed E-state index contributed by atoms with van der Waals surface area (Å²) in [6, 6.07) is -0.156. The Morgan fingerprint density at radius 3 is 2.32 bits per heavy atom. The summed E-state index contributed by atoms with van der Waals surface area (Å²) in [5, 5.41) is 4.18. The van der Waals surface area contributed by atoms with E-state index < -0.39 is 0 Å². The maximum atomic E-state index is 11.4. The van der Waals surface area contributed by atoms with Crippen molar-refractivity contribution in [1.29, 1.82) is 0 Å². The van der Waals surface area contributed by atoms with Crippen LogP contribution in [-0.4, -0.2) is 26.8 Å². The molecule has 0 radical (unpaired) electrons. The van der Waals surface area contributed by atoms with E-state index in [0.717, 1.165) is 5.57 Å². The molecular formula is C14H23N3O2. The van der Waals surface area contributed by atoms with Crippen molar-refractivity contribution in [2.24, 2.45) is 5.41 Å². The maximum absolute atomic E-state index is 11.4. The topological polar surface area (TPSA) is 57.0 Å². The van der Waals surface area contributed by atoms with Crippen LogP contribution in [0, 0.1) is 5.41 Å². The summed E-state index contributed by atoms with van der Waals surface area (Å²) < 4.78 is 7.26. The average Bonchev–Trinajstić information content (AvgIpc) is 2.74. The van der Waals surface area contributed by atoms with E-state index in [0.29, 0.717) is 0 Å². The highest BCUT2D eigenvalue weighted by atomic mass is 16.5. The van der Waals surface area contributed by atoms with Gasteiger partial charge in [0, 0.05) is 12.3 Å². The van der Waals surface area contributed by atoms with Crippen molar-refractivity contribution in [3.05, 3.63) is 24.3 Å². The van der Waals surface area contributed by atoms with Crippen LogP contribution in [0.4, 0.5) is 0 Å². The van der Waals surface area contributed by atoms with Crippen LogP contribution in [0.2, 0.25) is 0 Å². The Balaban J connectivity index is 3.18. The molecule has 5 heteroatoms. The summed E-state index contributed by atoms with van der Waals surface area (Å²) in [5.74, 6) is -0.285. The zero-order valence-electron chi connectivity index (χ0n) is 12.5. The molecule has 1 heterocycles. The van der Waals surface area contributed by atoms with Gasteiger partial charge in [0.1, 0.15) is 24.8 Å². The third kappa shape index (κ3) is 4.50. The van der Waals surface area contributed by atoms with Crippen molar-refractivity contribution in [3.63, 3.8) is 0 Å². The quantitative estimate of drug-likeness (QED) is 0.620. The molecule has 0 aromatic carbocycles. The highest BCUT2D eigenvalue weighted by molar-refractivity contribution is 5.66. The van der Waals surface area contributed by atoms with Crippen LogP contribution < -0.4 is 0 Å². The fourth-order valence-electron chi connectivity index (χ4n) is 1.95. The predicted octanol–water partition coefficient (Wildman–Crippen LogP) is 2.76. The van der Waals surface area contributed by atoms with E-state index in [-0.39, 0.29) is 23.5 Å². The Bertz CT molecular complexity index is 440. The lowest BCUT2D eigenvalue weighted by molar-refractivity contribution is -0.154. The van der Waals surface area contributed by atoms with E-state index in [1.165, 1.54) is 13.3 Å². The minimum Gasteiger partial charge on any atom is -0.459 e. The van der Waals surface area contributed by atoms with Gasteiger partial charge in [0.05, 0.1) is 0 Å². The van der Waals surface area contributed by atoms with Gasteiger partial charge in [-0.2, -0.15) is 5.10 Å². The first kappa shape index (κ1) is 15.4. The van der Waals surface area contributed by atoms with Gasteiger partial charge in [0.2, 0.25) is 0 Å². The highest BCUT2D eigenvalue weighted by Crippen LogP contribution is 2.32. The first-order chi connectivity index (χ1) is 8.71. The van der Waals surface area contributed by atoms with Crippen LogP contribution in [-0.2, 0) is 9.53 Å². The SMILES string of the molecule is CC(=O)OC(C(C=C(C)C)n1cncn1)C(C)(C)C. The van der Waals surface area contributed by atoms with Crippen molar-refractivity contribution in [2.75, 3.05) is 0 Å². The van der Waals surface area contributed by atoms with Gasteiger partial charge < -0.3 is 4.74 Å². The maximum Gasteiger partial charge on any atom is 0.303 e. The molecule has 1 aromatic heterocycles. The molecule has 0 saturated carbocycles. The largest absolute Gasteiger partial charge is 0.459 e. The molecule has 0 fully saturated rings. The van der Waals surface area contributed by atoms with E-state index >= 15 is 0 Å². The van der Waals surface area contributed by atoms with Crippen molar-refractivity contribution in [2.45, 2.75) is 53.7 Å². The Labute approximate surface area is 114 Å². The fourth-order valence-corrected chi connectivity index (χ4v) is 1.95. The van der Waals surface area contributed by atoms with Gasteiger partial charge in [0.25, 0.3) is 0 Å². The minimum absolute atomic E-state index is 0.156. The second-order valence-electron chi connectivity index (χ2n) is 6.01. The van der Waals surface area contributed by atoms with Crippen molar-refractivity contribution < 1.29 is 9.53 Å². The lowest BCUT2D eigenvalue weighted by Gasteiger charge is -2.35. The molecule has 2 atom stereocenters. The van der Waals surface area contributed by atoms with Gasteiger partial charge >= 0.3 is 5.97 Å². The fraction of sp³-hybridized carbons (Fsp3) is 0.643. The van der Waals surface area contributed by atoms with E-state index in [9.17, 15) is 4.79 Å². The molecule has 0 amide bonds. The third-order valence-corrected chi connectivity index (χ3v) is 2.70. The average molecular weight is 265 g/mol. The van der Waals surface area contributed by atoms with E-state index in [4.69, 9.17) is 4.74 Å². The summed E-state index contributed by atoms with van der Waals surface area (Å²) in [6.45, 7) is 11.6. The number of hydrogen-bond donors (Lipinski definition) is 0. The van der Waals surface area contributed by atoms with Gasteiger partial charge in [-0.1, -0.05) is 32.4 Å². The molecular weight excluding hydrogens is 242 g/mol. The summed E-state index contributed by atoms with van der Waals surface area (Å²) >= 11 is 0. The van der Waals surface area contributed by atoms with Crippen molar-refractivity contribution in [3.8, 4) is 0 Å². The van der Waals surface area contributed by atoms with Crippen LogP contribution in [0.3, 0.4) is 0 Å². The summed E-state index contributed by atoms with van der Waals surface area (Å²) in [6.07, 6.45) is 4.88. The summed E-state index contributed by atoms with van der Waals surface area (Å²) in [5.41, 5.74) is 0.940. The molecule has 1 rings (SSSR count). The van der Waals surface area contributed by atoms with Crippen LogP contribution in [0.15, 0.2) is 24.3 Å². The molecule has 5 nitrogen and oxygen atoms in total. The number of carbonyl (C=O) groups excluding carboxylic acids is 1. The second-order valence-corrected chi connectivity index (χ2v) is 6.01. The molecule has 19 heavy (non-hydrogen) atoms. The number of rotatable bonds is 4. The predicted molar refractivity (Wildman–Crippen MR) is 73.5 cm³/mol. The van der Waals surface area contributed by atoms with Gasteiger partial charge in [-0.15, -0.1) is 0 Å². The van der Waals surface area contributed by atoms with Crippen LogP contribution in [0.5, 0.6) is 0 Å². The lowest BCUT2D eigenvalue weighted by atomic mass is 9.84.